The number of nitrogens with zero attached hydrogens (tertiary/aromatic N) is 1. The van der Waals surface area contributed by atoms with Crippen LogP contribution in [0, 0.1) is 46.3 Å². The fraction of sp³-hybridized carbons (Fsp3) is 0.970. The van der Waals surface area contributed by atoms with Crippen LogP contribution in [0.4, 0.5) is 0 Å². The Morgan fingerprint density at radius 3 is 2.49 bits per heavy atom. The number of Topliss-reactive ketones (excluding diaryl/α,β-unsaturated/α-hetero) is 1. The Balaban J connectivity index is 1.20. The van der Waals surface area contributed by atoms with Crippen molar-refractivity contribution in [3.05, 3.63) is 0 Å². The van der Waals surface area contributed by atoms with Gasteiger partial charge in [-0.05, 0) is 130 Å². The first-order chi connectivity index (χ1) is 17.8. The Hall–Kier alpha value is -0.450. The normalized spacial score (nSPS) is 45.1. The van der Waals surface area contributed by atoms with Gasteiger partial charge in [-0.15, -0.1) is 0 Å². The van der Waals surface area contributed by atoms with E-state index < -0.39 is 0 Å². The van der Waals surface area contributed by atoms with Crippen molar-refractivity contribution in [2.45, 2.75) is 130 Å². The van der Waals surface area contributed by atoms with Crippen LogP contribution in [0.5, 0.6) is 0 Å². The molecule has 0 aromatic carbocycles. The first-order valence-electron chi connectivity index (χ1n) is 16.4. The molecule has 1 saturated heterocycles. The highest BCUT2D eigenvalue weighted by atomic mass is 16.3. The van der Waals surface area contributed by atoms with Crippen LogP contribution in [0.1, 0.15) is 118 Å². The number of aliphatic hydroxyl groups is 1. The molecule has 1 aliphatic heterocycles. The number of carbonyl (C=O) groups is 1. The third-order valence-electron chi connectivity index (χ3n) is 13.0. The van der Waals surface area contributed by atoms with E-state index in [1.54, 1.807) is 0 Å². The number of hydrogen-bond donors (Lipinski definition) is 2. The van der Waals surface area contributed by atoms with Crippen molar-refractivity contribution in [3.8, 4) is 0 Å². The summed E-state index contributed by atoms with van der Waals surface area (Å²) in [7, 11) is 0. The molecule has 0 radical (unpaired) electrons. The zero-order valence-corrected chi connectivity index (χ0v) is 24.6. The number of likely N-dealkylation sites (tertiary alicyclic amines) is 1. The van der Waals surface area contributed by atoms with Crippen molar-refractivity contribution in [1.82, 2.24) is 10.2 Å². The summed E-state index contributed by atoms with van der Waals surface area (Å²) >= 11 is 0. The molecule has 4 aliphatic carbocycles. The lowest BCUT2D eigenvalue weighted by Crippen LogP contribution is -2.59. The number of nitrogens with one attached hydrogen (secondary N) is 1. The summed E-state index contributed by atoms with van der Waals surface area (Å²) in [5.41, 5.74) is 0.765. The van der Waals surface area contributed by atoms with Gasteiger partial charge in [0.2, 0.25) is 0 Å². The fourth-order valence-corrected chi connectivity index (χ4v) is 10.8. The molecule has 2 N–H and O–H groups in total. The first-order valence-corrected chi connectivity index (χ1v) is 16.4. The minimum Gasteiger partial charge on any atom is -0.393 e. The van der Waals surface area contributed by atoms with Crippen molar-refractivity contribution in [1.29, 1.82) is 0 Å². The molecule has 5 fully saturated rings. The maximum Gasteiger partial charge on any atom is 0.132 e. The quantitative estimate of drug-likeness (QED) is 0.371. The summed E-state index contributed by atoms with van der Waals surface area (Å²) in [5.74, 6) is 4.31. The lowest BCUT2D eigenvalue weighted by atomic mass is 9.43. The number of fused-ring (bicyclic) bond motifs is 5. The summed E-state index contributed by atoms with van der Waals surface area (Å²) in [6, 6.07) is 0.642. The van der Waals surface area contributed by atoms with E-state index in [4.69, 9.17) is 0 Å². The average molecular weight is 515 g/mol. The van der Waals surface area contributed by atoms with Crippen LogP contribution in [0.15, 0.2) is 0 Å². The summed E-state index contributed by atoms with van der Waals surface area (Å²) < 4.78 is 0. The number of piperidine rings is 1. The van der Waals surface area contributed by atoms with Crippen LogP contribution in [0.25, 0.3) is 0 Å². The summed E-state index contributed by atoms with van der Waals surface area (Å²) in [5, 5.41) is 15.7. The second-order valence-electron chi connectivity index (χ2n) is 14.8. The fourth-order valence-electron chi connectivity index (χ4n) is 10.8. The molecule has 4 saturated carbocycles. The number of hydrogen-bond acceptors (Lipinski definition) is 4. The minimum atomic E-state index is -0.115. The van der Waals surface area contributed by atoms with Crippen LogP contribution in [-0.4, -0.2) is 54.1 Å². The van der Waals surface area contributed by atoms with E-state index in [1.807, 2.05) is 6.92 Å². The van der Waals surface area contributed by atoms with Gasteiger partial charge >= 0.3 is 0 Å². The number of aliphatic hydroxyl groups excluding tert-OH is 1. The van der Waals surface area contributed by atoms with E-state index in [9.17, 15) is 9.90 Å². The SMILES string of the molecule is CCC(=O)CC[C@@H](C)[C@H]1CCC2C3C(O)C[C@@H]4C[C@H](NCCN5CCCCC5)CC[C@]4(C)C3CC[C@@]21C. The van der Waals surface area contributed by atoms with E-state index in [2.05, 4.69) is 31.0 Å². The van der Waals surface area contributed by atoms with E-state index in [-0.39, 0.29) is 6.10 Å². The van der Waals surface area contributed by atoms with Gasteiger partial charge in [-0.3, -0.25) is 4.79 Å². The third kappa shape index (κ3) is 5.47. The molecule has 5 aliphatic rings. The van der Waals surface area contributed by atoms with Gasteiger partial charge in [0.25, 0.3) is 0 Å². The van der Waals surface area contributed by atoms with Crippen molar-refractivity contribution in [2.24, 2.45) is 46.3 Å². The average Bonchev–Trinajstić information content (AvgIpc) is 3.25. The van der Waals surface area contributed by atoms with Crippen molar-refractivity contribution in [3.63, 3.8) is 0 Å². The number of rotatable bonds is 9. The Morgan fingerprint density at radius 2 is 1.73 bits per heavy atom. The molecule has 212 valence electrons. The monoisotopic (exact) mass is 514 g/mol. The molecule has 4 heteroatoms. The maximum absolute atomic E-state index is 12.0. The van der Waals surface area contributed by atoms with Gasteiger partial charge in [-0.1, -0.05) is 34.1 Å². The summed E-state index contributed by atoms with van der Waals surface area (Å²) in [6.45, 7) is 14.5. The highest BCUT2D eigenvalue weighted by molar-refractivity contribution is 5.77. The van der Waals surface area contributed by atoms with Gasteiger partial charge in [-0.25, -0.2) is 0 Å². The molecule has 0 amide bonds. The van der Waals surface area contributed by atoms with Crippen LogP contribution < -0.4 is 5.32 Å². The van der Waals surface area contributed by atoms with E-state index >= 15 is 0 Å². The molecule has 4 nitrogen and oxygen atoms in total. The molecule has 0 aromatic rings. The lowest BCUT2D eigenvalue weighted by Gasteiger charge is -2.62. The van der Waals surface area contributed by atoms with E-state index in [0.29, 0.717) is 58.7 Å². The minimum absolute atomic E-state index is 0.115. The zero-order valence-electron chi connectivity index (χ0n) is 24.6. The third-order valence-corrected chi connectivity index (χ3v) is 13.0. The number of carbonyl (C=O) groups excluding carboxylic acids is 1. The largest absolute Gasteiger partial charge is 0.393 e. The van der Waals surface area contributed by atoms with Gasteiger partial charge in [-0.2, -0.15) is 0 Å². The van der Waals surface area contributed by atoms with Crippen LogP contribution in [0.3, 0.4) is 0 Å². The molecule has 10 atom stereocenters. The van der Waals surface area contributed by atoms with Crippen molar-refractivity contribution >= 4 is 5.78 Å². The first kappa shape index (κ1) is 28.1. The van der Waals surface area contributed by atoms with Gasteiger partial charge in [0, 0.05) is 32.0 Å². The Morgan fingerprint density at radius 1 is 1.00 bits per heavy atom. The lowest BCUT2D eigenvalue weighted by molar-refractivity contribution is -0.167. The zero-order chi connectivity index (χ0) is 26.2. The number of ketones is 1. The van der Waals surface area contributed by atoms with Crippen molar-refractivity contribution < 1.29 is 9.90 Å². The predicted molar refractivity (Wildman–Crippen MR) is 152 cm³/mol. The van der Waals surface area contributed by atoms with E-state index in [0.717, 1.165) is 31.7 Å². The second kappa shape index (κ2) is 11.6. The van der Waals surface area contributed by atoms with Crippen LogP contribution in [-0.2, 0) is 4.79 Å². The van der Waals surface area contributed by atoms with Gasteiger partial charge in [0.05, 0.1) is 6.10 Å². The predicted octanol–water partition coefficient (Wildman–Crippen LogP) is 6.46. The molecule has 5 rings (SSSR count). The van der Waals surface area contributed by atoms with Crippen molar-refractivity contribution in [2.75, 3.05) is 26.2 Å². The molecular weight excluding hydrogens is 456 g/mol. The smallest absolute Gasteiger partial charge is 0.132 e. The topological polar surface area (TPSA) is 52.6 Å². The molecule has 4 unspecified atom stereocenters. The molecule has 0 aromatic heterocycles. The Bertz CT molecular complexity index is 780. The Kier molecular flexibility index (Phi) is 8.79. The summed E-state index contributed by atoms with van der Waals surface area (Å²) in [6.07, 6.45) is 16.8. The van der Waals surface area contributed by atoms with Crippen LogP contribution >= 0.6 is 0 Å². The standard InChI is InChI=1S/C33H58N2O2/c1-5-26(36)10-9-23(2)27-11-12-28-31-29(14-16-33(27,28)4)32(3)15-13-25(21-24(32)22-30(31)37)34-17-20-35-18-7-6-8-19-35/h23-25,27-31,34,37H,5-22H2,1-4H3/t23-,24+,25-,27-,28?,29?,30?,31?,32+,33-/m1/s1. The molecule has 0 bridgehead atoms. The highest BCUT2D eigenvalue weighted by Crippen LogP contribution is 2.68. The van der Waals surface area contributed by atoms with E-state index in [1.165, 1.54) is 83.8 Å². The molecule has 0 spiro atoms. The molecule has 1 heterocycles. The maximum atomic E-state index is 12.0. The van der Waals surface area contributed by atoms with Gasteiger partial charge < -0.3 is 15.3 Å². The molecule has 37 heavy (non-hydrogen) atoms. The van der Waals surface area contributed by atoms with Crippen LogP contribution in [0.2, 0.25) is 0 Å². The highest BCUT2D eigenvalue weighted by Gasteiger charge is 2.62. The molecular formula is C33H58N2O2. The Labute approximate surface area is 228 Å². The van der Waals surface area contributed by atoms with Gasteiger partial charge in [0.1, 0.15) is 5.78 Å². The summed E-state index contributed by atoms with van der Waals surface area (Å²) in [4.78, 5) is 14.7. The second-order valence-corrected chi connectivity index (χ2v) is 14.8. The van der Waals surface area contributed by atoms with Gasteiger partial charge in [0.15, 0.2) is 0 Å².